The summed E-state index contributed by atoms with van der Waals surface area (Å²) in [4.78, 5) is 0. The van der Waals surface area contributed by atoms with E-state index < -0.39 is 0 Å². The van der Waals surface area contributed by atoms with Crippen LogP contribution >= 0.6 is 0 Å². The fraction of sp³-hybridized carbons (Fsp3) is 0. The molecule has 0 aliphatic rings. The molecule has 0 heterocycles. The zero-order chi connectivity index (χ0) is 5.98. The molecule has 0 nitrogen and oxygen atoms in total. The minimum absolute atomic E-state index is 0. The van der Waals surface area contributed by atoms with Gasteiger partial charge in [-0.25, -0.2) is 0 Å². The molecule has 0 atom stereocenters. The maximum absolute atomic E-state index is 12.1. The van der Waals surface area contributed by atoms with E-state index in [0.717, 1.165) is 0 Å². The molecule has 0 aliphatic carbocycles. The Morgan fingerprint density at radius 2 is 1.40 bits per heavy atom. The molecule has 0 amide bonds. The van der Waals surface area contributed by atoms with E-state index in [1.165, 1.54) is 40.1 Å². The molecule has 0 spiro atoms. The maximum atomic E-state index is 12.1. The molecule has 0 radical (unpaired) electrons. The molecule has 0 fully saturated rings. The number of rotatable bonds is 0. The van der Waals surface area contributed by atoms with Gasteiger partial charge in [0.25, 0.3) is 0 Å². The second-order valence-electron chi connectivity index (χ2n) is 1.51. The zero-order valence-electron chi connectivity index (χ0n) is 5.00. The van der Waals surface area contributed by atoms with E-state index in [9.17, 15) is 4.39 Å². The predicted octanol–water partition coefficient (Wildman–Crippen LogP) is 1.30. The van der Waals surface area contributed by atoms with Crippen LogP contribution in [0, 0.1) is 5.82 Å². The summed E-state index contributed by atoms with van der Waals surface area (Å²) in [6, 6.07) is 6.52. The third-order valence-electron chi connectivity index (χ3n) is 0.844. The zero-order valence-corrected chi connectivity index (χ0v) is 7.46. The summed E-state index contributed by atoms with van der Waals surface area (Å²) in [5.41, 5.74) is 0. The van der Waals surface area contributed by atoms with Crippen LogP contribution in [0.5, 0.6) is 0 Å². The van der Waals surface area contributed by atoms with Crippen LogP contribution in [0.4, 0.5) is 13.8 Å². The van der Waals surface area contributed by atoms with Crippen molar-refractivity contribution in [3.63, 3.8) is 0 Å². The first-order valence-corrected chi connectivity index (χ1v) is 3.49. The van der Waals surface area contributed by atoms with Gasteiger partial charge >= 0.3 is 62.5 Å². The van der Waals surface area contributed by atoms with Gasteiger partial charge in [0.2, 0.25) is 0 Å². The Morgan fingerprint density at radius 1 is 1.00 bits per heavy atom. The van der Waals surface area contributed by atoms with Gasteiger partial charge in [-0.3, -0.25) is 9.41 Å². The summed E-state index contributed by atoms with van der Waals surface area (Å²) in [5.74, 6) is -0.156. The molecule has 0 bridgehead atoms. The molecule has 1 aromatic rings. The van der Waals surface area contributed by atoms with Crippen molar-refractivity contribution in [2.24, 2.45) is 0 Å². The molecule has 10 heavy (non-hydrogen) atoms. The van der Waals surface area contributed by atoms with E-state index >= 15 is 0 Å². The van der Waals surface area contributed by atoms with Crippen molar-refractivity contribution < 1.29 is 38.5 Å². The van der Waals surface area contributed by atoms with Crippen molar-refractivity contribution in [3.05, 3.63) is 30.1 Å². The van der Waals surface area contributed by atoms with Gasteiger partial charge in [0.15, 0.2) is 0 Å². The van der Waals surface area contributed by atoms with Crippen LogP contribution in [-0.2, 0) is 24.7 Å². The monoisotopic (exact) mass is 225 g/mol. The number of hydrogen-bond acceptors (Lipinski definition) is 0. The van der Waals surface area contributed by atoms with E-state index in [1.54, 1.807) is 12.1 Å². The second kappa shape index (κ2) is 5.66. The average Bonchev–Trinajstić information content (AvgIpc) is 1.77. The minimum atomic E-state index is -0.156. The third-order valence-corrected chi connectivity index (χ3v) is 1.66. The van der Waals surface area contributed by atoms with Gasteiger partial charge in [0.1, 0.15) is 0 Å². The van der Waals surface area contributed by atoms with Crippen molar-refractivity contribution in [1.82, 2.24) is 0 Å². The van der Waals surface area contributed by atoms with Crippen LogP contribution in [0.3, 0.4) is 0 Å². The van der Waals surface area contributed by atoms with E-state index in [1.807, 2.05) is 0 Å². The quantitative estimate of drug-likeness (QED) is 0.625. The van der Waals surface area contributed by atoms with Gasteiger partial charge in [0, 0.05) is 0 Å². The molecule has 4 heteroatoms. The Balaban J connectivity index is 0. The van der Waals surface area contributed by atoms with E-state index in [-0.39, 0.29) is 15.2 Å². The van der Waals surface area contributed by atoms with Crippen LogP contribution in [0.25, 0.3) is 0 Å². The van der Waals surface area contributed by atoms with Gasteiger partial charge in [-0.1, -0.05) is 0 Å². The third kappa shape index (κ3) is 3.83. The number of halogens is 3. The molecular weight excluding hydrogens is 220 g/mol. The normalized spacial score (nSPS) is 7.20. The SMILES string of the molecule is F.F.Fc1cc[c]([Zr])cc1. The first-order valence-electron chi connectivity index (χ1n) is 2.26. The molecule has 1 rings (SSSR count). The number of benzene rings is 1. The Hall–Kier alpha value is -0.107. The summed E-state index contributed by atoms with van der Waals surface area (Å²) in [5, 5.41) is 0. The van der Waals surface area contributed by atoms with Crippen molar-refractivity contribution in [3.8, 4) is 0 Å². The summed E-state index contributed by atoms with van der Waals surface area (Å²) >= 11 is 1.33. The van der Waals surface area contributed by atoms with Gasteiger partial charge in [0.05, 0.1) is 0 Å². The van der Waals surface area contributed by atoms with E-state index in [2.05, 4.69) is 0 Å². The Kier molecular flexibility index (Phi) is 7.11. The molecule has 0 aromatic heterocycles. The molecule has 55 valence electrons. The van der Waals surface area contributed by atoms with Gasteiger partial charge in [-0.15, -0.1) is 0 Å². The van der Waals surface area contributed by atoms with Crippen molar-refractivity contribution in [2.45, 2.75) is 0 Å². The molecule has 1 aromatic carbocycles. The van der Waals surface area contributed by atoms with Crippen LogP contribution in [0.1, 0.15) is 0 Å². The Morgan fingerprint density at radius 3 is 1.70 bits per heavy atom. The van der Waals surface area contributed by atoms with Crippen LogP contribution in [0.2, 0.25) is 0 Å². The molecule has 0 aliphatic heterocycles. The summed E-state index contributed by atoms with van der Waals surface area (Å²) in [6.45, 7) is 0. The average molecular weight is 226 g/mol. The van der Waals surface area contributed by atoms with Gasteiger partial charge < -0.3 is 0 Å². The fourth-order valence-corrected chi connectivity index (χ4v) is 0.860. The van der Waals surface area contributed by atoms with Crippen LogP contribution < -0.4 is 3.27 Å². The number of hydrogen-bond donors (Lipinski definition) is 0. The topological polar surface area (TPSA) is 0 Å². The first-order chi connectivity index (χ1) is 3.79. The summed E-state index contributed by atoms with van der Waals surface area (Å²) in [7, 11) is 0. The van der Waals surface area contributed by atoms with Crippen LogP contribution in [-0.4, -0.2) is 0 Å². The fourth-order valence-electron chi connectivity index (χ4n) is 0.450. The molecule has 0 N–H and O–H groups in total. The van der Waals surface area contributed by atoms with Crippen molar-refractivity contribution >= 4 is 3.27 Å². The van der Waals surface area contributed by atoms with Crippen molar-refractivity contribution in [2.75, 3.05) is 0 Å². The van der Waals surface area contributed by atoms with Gasteiger partial charge in [-0.2, -0.15) is 0 Å². The standard InChI is InChI=1S/C6H4F.2FH.Zr/c7-6-4-2-1-3-5-6;;;/h2-5H;2*1H;. The molecule has 0 saturated heterocycles. The summed E-state index contributed by atoms with van der Waals surface area (Å²) < 4.78 is 13.3. The second-order valence-corrected chi connectivity index (χ2v) is 2.93. The van der Waals surface area contributed by atoms with Crippen molar-refractivity contribution in [1.29, 1.82) is 0 Å². The first kappa shape index (κ1) is 12.6. The molecule has 0 saturated carbocycles. The Bertz CT molecular complexity index is 152. The van der Waals surface area contributed by atoms with E-state index in [4.69, 9.17) is 0 Å². The summed E-state index contributed by atoms with van der Waals surface area (Å²) in [6.07, 6.45) is 0. The Labute approximate surface area is 72.0 Å². The predicted molar refractivity (Wildman–Crippen MR) is 31.0 cm³/mol. The van der Waals surface area contributed by atoms with E-state index in [0.29, 0.717) is 0 Å². The van der Waals surface area contributed by atoms with Crippen LogP contribution in [0.15, 0.2) is 24.3 Å². The molecular formula is C6H6F3Zr. The van der Waals surface area contributed by atoms with Gasteiger partial charge in [-0.05, 0) is 0 Å². The molecule has 0 unspecified atom stereocenters.